The van der Waals surface area contributed by atoms with Crippen molar-refractivity contribution in [1.82, 2.24) is 14.8 Å². The smallest absolute Gasteiger partial charge is 0.331 e. The summed E-state index contributed by atoms with van der Waals surface area (Å²) in [5.74, 6) is -0.376. The number of carboxylic acids is 1. The Morgan fingerprint density at radius 3 is 2.22 bits per heavy atom. The average molecular weight is 455 g/mol. The van der Waals surface area contributed by atoms with Crippen LogP contribution in [0.3, 0.4) is 0 Å². The van der Waals surface area contributed by atoms with Crippen LogP contribution in [0.1, 0.15) is 48.2 Å². The highest BCUT2D eigenvalue weighted by atomic mass is 35.5. The first-order valence-corrected chi connectivity index (χ1v) is 11.4. The Morgan fingerprint density at radius 1 is 0.938 bits per heavy atom. The predicted molar refractivity (Wildman–Crippen MR) is 123 cm³/mol. The molecule has 32 heavy (non-hydrogen) atoms. The minimum Gasteiger partial charge on any atom is -0.479 e. The molecule has 2 heterocycles. The number of carbonyl (C=O) groups excluding carboxylic acids is 1. The maximum Gasteiger partial charge on any atom is 0.331 e. The number of carboxylic acid groups (broad SMARTS) is 1. The van der Waals surface area contributed by atoms with Crippen LogP contribution in [0.15, 0.2) is 53.7 Å². The molecule has 2 fully saturated rings. The molecule has 1 saturated carbocycles. The van der Waals surface area contributed by atoms with Crippen molar-refractivity contribution in [1.29, 1.82) is 0 Å². The Kier molecular flexibility index (Phi) is 6.74. The molecule has 7 nitrogen and oxygen atoms in total. The van der Waals surface area contributed by atoms with Crippen molar-refractivity contribution in [2.45, 2.75) is 37.6 Å². The molecule has 1 aromatic carbocycles. The second-order valence-corrected chi connectivity index (χ2v) is 8.71. The molecule has 1 aromatic heterocycles. The summed E-state index contributed by atoms with van der Waals surface area (Å²) in [5, 5.41) is 10.5. The number of nitrogens with zero attached hydrogens (tertiary/aromatic N) is 4. The number of carbonyl (C=O) groups is 2. The van der Waals surface area contributed by atoms with Gasteiger partial charge in [-0.2, -0.15) is 0 Å². The molecule has 0 unspecified atom stereocenters. The van der Waals surface area contributed by atoms with Gasteiger partial charge in [0.05, 0.1) is 10.6 Å². The highest BCUT2D eigenvalue weighted by Crippen LogP contribution is 2.33. The zero-order valence-electron chi connectivity index (χ0n) is 17.9. The molecule has 2 aliphatic rings. The fraction of sp³-hybridized carbons (Fsp3) is 0.417. The second kappa shape index (κ2) is 9.69. The van der Waals surface area contributed by atoms with Gasteiger partial charge in [0, 0.05) is 32.4 Å². The largest absolute Gasteiger partial charge is 0.479 e. The van der Waals surface area contributed by atoms with E-state index in [0.29, 0.717) is 61.1 Å². The highest BCUT2D eigenvalue weighted by molar-refractivity contribution is 6.33. The van der Waals surface area contributed by atoms with Gasteiger partial charge in [0.2, 0.25) is 0 Å². The Labute approximate surface area is 192 Å². The van der Waals surface area contributed by atoms with Gasteiger partial charge in [-0.05, 0) is 37.1 Å². The molecular formula is C24H27ClN4O3. The standard InChI is InChI=1S/C24H27ClN4O3/c25-19-9-3-2-8-18(19)22(30)29-16-14-28(15-17-29)21(20-10-4-7-13-26-20)27-24(23(31)32)11-5-1-6-12-24/h2-4,7-10,13H,1,5-6,11-12,14-17H2,(H,31,32)/b27-21+. The molecule has 1 amide bonds. The quantitative estimate of drug-likeness (QED) is 0.562. The minimum atomic E-state index is -1.12. The third-order valence-electron chi connectivity index (χ3n) is 6.26. The van der Waals surface area contributed by atoms with E-state index in [-0.39, 0.29) is 5.91 Å². The van der Waals surface area contributed by atoms with Crippen LogP contribution < -0.4 is 0 Å². The first-order valence-electron chi connectivity index (χ1n) is 11.0. The Balaban J connectivity index is 1.58. The van der Waals surface area contributed by atoms with Crippen molar-refractivity contribution < 1.29 is 14.7 Å². The Bertz CT molecular complexity index is 997. The van der Waals surface area contributed by atoms with E-state index in [1.807, 2.05) is 18.2 Å². The van der Waals surface area contributed by atoms with Crippen molar-refractivity contribution in [3.8, 4) is 0 Å². The van der Waals surface area contributed by atoms with Crippen LogP contribution in [0.2, 0.25) is 5.02 Å². The summed E-state index contributed by atoms with van der Waals surface area (Å²) in [7, 11) is 0. The van der Waals surface area contributed by atoms with Gasteiger partial charge in [0.1, 0.15) is 5.69 Å². The van der Waals surface area contributed by atoms with Crippen molar-refractivity contribution in [2.24, 2.45) is 4.99 Å². The Hall–Kier alpha value is -2.93. The number of aliphatic carboxylic acids is 1. The molecule has 1 aliphatic carbocycles. The molecule has 1 N–H and O–H groups in total. The van der Waals surface area contributed by atoms with Gasteiger partial charge in [-0.3, -0.25) is 9.78 Å². The minimum absolute atomic E-state index is 0.0964. The number of rotatable bonds is 4. The van der Waals surface area contributed by atoms with Gasteiger partial charge in [-0.1, -0.05) is 49.1 Å². The van der Waals surface area contributed by atoms with Crippen LogP contribution in [0, 0.1) is 0 Å². The van der Waals surface area contributed by atoms with E-state index in [2.05, 4.69) is 9.88 Å². The zero-order valence-corrected chi connectivity index (χ0v) is 18.7. The van der Waals surface area contributed by atoms with Gasteiger partial charge < -0.3 is 14.9 Å². The predicted octanol–water partition coefficient (Wildman–Crippen LogP) is 3.73. The van der Waals surface area contributed by atoms with E-state index >= 15 is 0 Å². The van der Waals surface area contributed by atoms with Crippen LogP contribution >= 0.6 is 11.6 Å². The van der Waals surface area contributed by atoms with Crippen LogP contribution in [0.5, 0.6) is 0 Å². The van der Waals surface area contributed by atoms with Gasteiger partial charge in [0.25, 0.3) is 5.91 Å². The van der Waals surface area contributed by atoms with Crippen LogP contribution in [0.25, 0.3) is 0 Å². The lowest BCUT2D eigenvalue weighted by Crippen LogP contribution is -2.52. The SMILES string of the molecule is O=C(c1ccccc1Cl)N1CCN(/C(=N/C2(C(=O)O)CCCCC2)c2ccccn2)CC1. The van der Waals surface area contributed by atoms with Crippen molar-refractivity contribution in [3.05, 3.63) is 64.9 Å². The summed E-state index contributed by atoms with van der Waals surface area (Å²) in [4.78, 5) is 38.3. The summed E-state index contributed by atoms with van der Waals surface area (Å²) in [6.45, 7) is 2.08. The molecule has 2 aromatic rings. The highest BCUT2D eigenvalue weighted by Gasteiger charge is 2.41. The van der Waals surface area contributed by atoms with Gasteiger partial charge in [0.15, 0.2) is 11.4 Å². The number of aromatic nitrogens is 1. The summed E-state index contributed by atoms with van der Waals surface area (Å²) < 4.78 is 0. The molecule has 0 spiro atoms. The number of amides is 1. The van der Waals surface area contributed by atoms with Crippen molar-refractivity contribution in [3.63, 3.8) is 0 Å². The lowest BCUT2D eigenvalue weighted by molar-refractivity contribution is -0.144. The van der Waals surface area contributed by atoms with Crippen molar-refractivity contribution >= 4 is 29.3 Å². The lowest BCUT2D eigenvalue weighted by Gasteiger charge is -2.38. The second-order valence-electron chi connectivity index (χ2n) is 8.31. The molecule has 168 valence electrons. The normalized spacial score (nSPS) is 19.0. The summed E-state index contributed by atoms with van der Waals surface area (Å²) in [5.41, 5.74) is 0.0353. The van der Waals surface area contributed by atoms with Gasteiger partial charge >= 0.3 is 5.97 Å². The van der Waals surface area contributed by atoms with E-state index in [1.54, 1.807) is 35.4 Å². The molecule has 4 rings (SSSR count). The maximum absolute atomic E-state index is 12.9. The molecule has 1 aliphatic heterocycles. The first kappa shape index (κ1) is 22.3. The summed E-state index contributed by atoms with van der Waals surface area (Å²) in [6, 6.07) is 12.6. The molecular weight excluding hydrogens is 428 g/mol. The number of hydrogen-bond donors (Lipinski definition) is 1. The zero-order chi connectivity index (χ0) is 22.6. The first-order chi connectivity index (χ1) is 15.5. The number of benzene rings is 1. The number of amidine groups is 1. The van der Waals surface area contributed by atoms with Crippen molar-refractivity contribution in [2.75, 3.05) is 26.2 Å². The van der Waals surface area contributed by atoms with E-state index in [1.165, 1.54) is 0 Å². The molecule has 8 heteroatoms. The van der Waals surface area contributed by atoms with E-state index in [0.717, 1.165) is 19.3 Å². The third-order valence-corrected chi connectivity index (χ3v) is 6.59. The lowest BCUT2D eigenvalue weighted by atomic mass is 9.82. The maximum atomic E-state index is 12.9. The van der Waals surface area contributed by atoms with Crippen LogP contribution in [-0.2, 0) is 4.79 Å². The number of pyridine rings is 1. The van der Waals surface area contributed by atoms with Crippen LogP contribution in [-0.4, -0.2) is 69.3 Å². The number of aliphatic imine (C=N–C) groups is 1. The number of halogens is 1. The summed E-state index contributed by atoms with van der Waals surface area (Å²) >= 11 is 6.21. The van der Waals surface area contributed by atoms with E-state index in [4.69, 9.17) is 16.6 Å². The molecule has 1 saturated heterocycles. The Morgan fingerprint density at radius 2 is 1.59 bits per heavy atom. The fourth-order valence-electron chi connectivity index (χ4n) is 4.42. The third kappa shape index (κ3) is 4.63. The fourth-order valence-corrected chi connectivity index (χ4v) is 4.64. The number of piperazine rings is 1. The van der Waals surface area contributed by atoms with Crippen LogP contribution in [0.4, 0.5) is 0 Å². The molecule has 0 atom stereocenters. The average Bonchev–Trinajstić information content (AvgIpc) is 2.84. The number of hydrogen-bond acceptors (Lipinski definition) is 4. The monoisotopic (exact) mass is 454 g/mol. The van der Waals surface area contributed by atoms with Gasteiger partial charge in [-0.25, -0.2) is 9.79 Å². The molecule has 0 bridgehead atoms. The van der Waals surface area contributed by atoms with E-state index < -0.39 is 11.5 Å². The summed E-state index contributed by atoms with van der Waals surface area (Å²) in [6.07, 6.45) is 5.49. The van der Waals surface area contributed by atoms with Gasteiger partial charge in [-0.15, -0.1) is 0 Å². The topological polar surface area (TPSA) is 86.1 Å². The molecule has 0 radical (unpaired) electrons. The van der Waals surface area contributed by atoms with E-state index in [9.17, 15) is 14.7 Å².